The van der Waals surface area contributed by atoms with Gasteiger partial charge in [-0.1, -0.05) is 6.92 Å². The Kier molecular flexibility index (Phi) is 4.66. The van der Waals surface area contributed by atoms with Crippen LogP contribution in [0.15, 0.2) is 24.7 Å². The third-order valence-electron chi connectivity index (χ3n) is 2.47. The van der Waals surface area contributed by atoms with Crippen LogP contribution in [0.3, 0.4) is 0 Å². The van der Waals surface area contributed by atoms with E-state index >= 15 is 0 Å². The first-order valence-electron chi connectivity index (χ1n) is 6.27. The molecule has 0 spiro atoms. The molecule has 0 aliphatic rings. The molecule has 0 aliphatic carbocycles. The lowest BCUT2D eigenvalue weighted by Crippen LogP contribution is -2.14. The van der Waals surface area contributed by atoms with Gasteiger partial charge in [-0.05, 0) is 12.5 Å². The zero-order chi connectivity index (χ0) is 13.5. The van der Waals surface area contributed by atoms with Gasteiger partial charge in [0.1, 0.15) is 0 Å². The molecule has 102 valence electrons. The number of halogens is 1. The first kappa shape index (κ1) is 13.3. The quantitative estimate of drug-likeness (QED) is 0.797. The summed E-state index contributed by atoms with van der Waals surface area (Å²) in [6.07, 6.45) is 5.69. The summed E-state index contributed by atoms with van der Waals surface area (Å²) in [5.41, 5.74) is 0. The van der Waals surface area contributed by atoms with Crippen LogP contribution in [-0.4, -0.2) is 32.8 Å². The number of aromatic nitrogens is 4. The molecule has 0 fully saturated rings. The van der Waals surface area contributed by atoms with Crippen LogP contribution in [0.25, 0.3) is 0 Å². The summed E-state index contributed by atoms with van der Waals surface area (Å²) in [5, 5.41) is 10.0. The summed E-state index contributed by atoms with van der Waals surface area (Å²) < 4.78 is 15.3. The zero-order valence-electron chi connectivity index (χ0n) is 10.8. The lowest BCUT2D eigenvalue weighted by Gasteiger charge is -2.09. The van der Waals surface area contributed by atoms with Crippen molar-refractivity contribution in [2.45, 2.75) is 19.9 Å². The van der Waals surface area contributed by atoms with Crippen molar-refractivity contribution in [1.82, 2.24) is 19.7 Å². The Morgan fingerprint density at radius 3 is 2.95 bits per heavy atom. The summed E-state index contributed by atoms with van der Waals surface area (Å²) >= 11 is 0. The highest BCUT2D eigenvalue weighted by atomic mass is 19.1. The molecular weight excluding hydrogens is 247 g/mol. The Labute approximate surface area is 111 Å². The fraction of sp³-hybridized carbons (Fsp3) is 0.417. The summed E-state index contributed by atoms with van der Waals surface area (Å²) in [7, 11) is 0. The highest BCUT2D eigenvalue weighted by Crippen LogP contribution is 2.11. The molecule has 2 heterocycles. The Morgan fingerprint density at radius 2 is 2.21 bits per heavy atom. The summed E-state index contributed by atoms with van der Waals surface area (Å²) in [6.45, 7) is 4.00. The number of nitrogens with one attached hydrogen (secondary N) is 2. The van der Waals surface area contributed by atoms with Gasteiger partial charge in [-0.2, -0.15) is 10.1 Å². The second-order valence-electron chi connectivity index (χ2n) is 4.01. The summed E-state index contributed by atoms with van der Waals surface area (Å²) in [6, 6.07) is 1.85. The number of rotatable bonds is 7. The predicted octanol–water partition coefficient (Wildman–Crippen LogP) is 1.75. The molecule has 2 aromatic heterocycles. The number of hydrogen-bond donors (Lipinski definition) is 2. The fourth-order valence-corrected chi connectivity index (χ4v) is 1.53. The summed E-state index contributed by atoms with van der Waals surface area (Å²) in [4.78, 5) is 7.97. The highest BCUT2D eigenvalue weighted by molar-refractivity contribution is 5.40. The first-order valence-corrected chi connectivity index (χ1v) is 6.27. The van der Waals surface area contributed by atoms with Crippen LogP contribution in [0.5, 0.6) is 0 Å². The van der Waals surface area contributed by atoms with E-state index in [1.165, 1.54) is 6.20 Å². The lowest BCUT2D eigenvalue weighted by molar-refractivity contribution is 0.607. The van der Waals surface area contributed by atoms with Crippen LogP contribution in [0.4, 0.5) is 16.2 Å². The Morgan fingerprint density at radius 1 is 1.32 bits per heavy atom. The van der Waals surface area contributed by atoms with E-state index in [1.54, 1.807) is 10.9 Å². The van der Waals surface area contributed by atoms with Crippen LogP contribution in [-0.2, 0) is 6.54 Å². The van der Waals surface area contributed by atoms with Crippen LogP contribution in [0, 0.1) is 5.82 Å². The second-order valence-corrected chi connectivity index (χ2v) is 4.01. The van der Waals surface area contributed by atoms with E-state index in [1.807, 2.05) is 19.2 Å². The summed E-state index contributed by atoms with van der Waals surface area (Å²) in [5.74, 6) is 0.188. The SMILES string of the molecule is CCCNc1ncc(F)c(NCCn2cccn2)n1. The van der Waals surface area contributed by atoms with Crippen molar-refractivity contribution < 1.29 is 4.39 Å². The van der Waals surface area contributed by atoms with Crippen molar-refractivity contribution in [3.8, 4) is 0 Å². The second kappa shape index (κ2) is 6.67. The molecule has 0 radical (unpaired) electrons. The molecule has 0 aliphatic heterocycles. The maximum atomic E-state index is 13.5. The largest absolute Gasteiger partial charge is 0.366 e. The van der Waals surface area contributed by atoms with Crippen LogP contribution >= 0.6 is 0 Å². The molecule has 19 heavy (non-hydrogen) atoms. The van der Waals surface area contributed by atoms with Gasteiger partial charge < -0.3 is 10.6 Å². The molecule has 2 N–H and O–H groups in total. The Bertz CT molecular complexity index is 499. The van der Waals surface area contributed by atoms with E-state index < -0.39 is 5.82 Å². The molecule has 0 aromatic carbocycles. The molecule has 0 saturated heterocycles. The number of anilines is 2. The standard InChI is InChI=1S/C12H17FN6/c1-2-4-15-12-16-9-10(13)11(18-12)14-6-8-19-7-3-5-17-19/h3,5,7,9H,2,4,6,8H2,1H3,(H2,14,15,16,18). The van der Waals surface area contributed by atoms with Crippen LogP contribution in [0.1, 0.15) is 13.3 Å². The monoisotopic (exact) mass is 264 g/mol. The molecule has 0 unspecified atom stereocenters. The molecule has 6 nitrogen and oxygen atoms in total. The van der Waals surface area contributed by atoms with Gasteiger partial charge in [0.2, 0.25) is 5.95 Å². The Hall–Kier alpha value is -2.18. The van der Waals surface area contributed by atoms with Gasteiger partial charge in [-0.15, -0.1) is 0 Å². The Balaban J connectivity index is 1.90. The molecule has 0 amide bonds. The smallest absolute Gasteiger partial charge is 0.224 e. The minimum atomic E-state index is -0.456. The molecule has 2 aromatic rings. The van der Waals surface area contributed by atoms with Gasteiger partial charge in [-0.3, -0.25) is 4.68 Å². The van der Waals surface area contributed by atoms with Crippen LogP contribution in [0.2, 0.25) is 0 Å². The molecular formula is C12H17FN6. The molecule has 0 atom stereocenters. The lowest BCUT2D eigenvalue weighted by atomic mass is 10.5. The minimum Gasteiger partial charge on any atom is -0.366 e. The fourth-order valence-electron chi connectivity index (χ4n) is 1.53. The van der Waals surface area contributed by atoms with Crippen molar-refractivity contribution >= 4 is 11.8 Å². The van der Waals surface area contributed by atoms with Crippen molar-refractivity contribution in [1.29, 1.82) is 0 Å². The topological polar surface area (TPSA) is 67.7 Å². The van der Waals surface area contributed by atoms with E-state index in [2.05, 4.69) is 25.7 Å². The first-order chi connectivity index (χ1) is 9.29. The van der Waals surface area contributed by atoms with Crippen LogP contribution < -0.4 is 10.6 Å². The molecule has 2 rings (SSSR count). The predicted molar refractivity (Wildman–Crippen MR) is 71.5 cm³/mol. The van der Waals surface area contributed by atoms with E-state index in [0.29, 0.717) is 19.0 Å². The average molecular weight is 264 g/mol. The van der Waals surface area contributed by atoms with E-state index in [-0.39, 0.29) is 5.82 Å². The highest BCUT2D eigenvalue weighted by Gasteiger charge is 2.06. The van der Waals surface area contributed by atoms with E-state index in [0.717, 1.165) is 13.0 Å². The van der Waals surface area contributed by atoms with Crippen molar-refractivity contribution in [3.63, 3.8) is 0 Å². The minimum absolute atomic E-state index is 0.209. The maximum Gasteiger partial charge on any atom is 0.224 e. The van der Waals surface area contributed by atoms with Crippen molar-refractivity contribution in [3.05, 3.63) is 30.5 Å². The molecule has 7 heteroatoms. The zero-order valence-corrected chi connectivity index (χ0v) is 10.8. The van der Waals surface area contributed by atoms with Gasteiger partial charge in [0.25, 0.3) is 0 Å². The van der Waals surface area contributed by atoms with Gasteiger partial charge in [0, 0.05) is 25.5 Å². The van der Waals surface area contributed by atoms with Gasteiger partial charge in [0.15, 0.2) is 11.6 Å². The van der Waals surface area contributed by atoms with Gasteiger partial charge in [0.05, 0.1) is 12.7 Å². The third-order valence-corrected chi connectivity index (χ3v) is 2.47. The normalized spacial score (nSPS) is 10.4. The molecule has 0 bridgehead atoms. The van der Waals surface area contributed by atoms with Gasteiger partial charge >= 0.3 is 0 Å². The average Bonchev–Trinajstić information content (AvgIpc) is 2.92. The third kappa shape index (κ3) is 3.90. The number of hydrogen-bond acceptors (Lipinski definition) is 5. The number of nitrogens with zero attached hydrogens (tertiary/aromatic N) is 4. The van der Waals surface area contributed by atoms with Crippen molar-refractivity contribution in [2.24, 2.45) is 0 Å². The van der Waals surface area contributed by atoms with E-state index in [4.69, 9.17) is 0 Å². The van der Waals surface area contributed by atoms with Gasteiger partial charge in [-0.25, -0.2) is 9.37 Å². The van der Waals surface area contributed by atoms with Crippen molar-refractivity contribution in [2.75, 3.05) is 23.7 Å². The van der Waals surface area contributed by atoms with E-state index in [9.17, 15) is 4.39 Å². The molecule has 0 saturated carbocycles. The maximum absolute atomic E-state index is 13.5.